The van der Waals surface area contributed by atoms with Crippen LogP contribution in [-0.2, 0) is 13.0 Å². The van der Waals surface area contributed by atoms with Gasteiger partial charge in [-0.15, -0.1) is 0 Å². The molecule has 2 nitrogen and oxygen atoms in total. The number of nitrogens with zero attached hydrogens (tertiary/aromatic N) is 2. The summed E-state index contributed by atoms with van der Waals surface area (Å²) in [6.07, 6.45) is 5.36. The van der Waals surface area contributed by atoms with E-state index in [1.54, 1.807) is 6.20 Å². The van der Waals surface area contributed by atoms with Crippen molar-refractivity contribution in [2.24, 2.45) is 5.92 Å². The van der Waals surface area contributed by atoms with Crippen molar-refractivity contribution in [3.8, 4) is 0 Å². The van der Waals surface area contributed by atoms with Crippen molar-refractivity contribution in [3.63, 3.8) is 0 Å². The second kappa shape index (κ2) is 3.09. The summed E-state index contributed by atoms with van der Waals surface area (Å²) in [6, 6.07) is 0. The number of hydrogen-bond donors (Lipinski definition) is 0. The molecule has 0 spiro atoms. The van der Waals surface area contributed by atoms with E-state index in [9.17, 15) is 0 Å². The van der Waals surface area contributed by atoms with Crippen molar-refractivity contribution in [2.75, 3.05) is 0 Å². The van der Waals surface area contributed by atoms with Gasteiger partial charge < -0.3 is 4.57 Å². The fourth-order valence-corrected chi connectivity index (χ4v) is 2.04. The van der Waals surface area contributed by atoms with Crippen molar-refractivity contribution in [1.82, 2.24) is 9.55 Å². The van der Waals surface area contributed by atoms with Crippen LogP contribution in [0.5, 0.6) is 0 Å². The van der Waals surface area contributed by atoms with E-state index in [2.05, 4.69) is 16.5 Å². The number of aromatic nitrogens is 2. The van der Waals surface area contributed by atoms with E-state index < -0.39 is 0 Å². The number of imidazole rings is 1. The number of halogens is 1. The maximum atomic E-state index is 5.95. The third-order valence-electron chi connectivity index (χ3n) is 2.70. The first-order chi connectivity index (χ1) is 5.81. The van der Waals surface area contributed by atoms with Gasteiger partial charge in [0, 0.05) is 13.0 Å². The average molecular weight is 185 g/mol. The topological polar surface area (TPSA) is 17.8 Å². The van der Waals surface area contributed by atoms with Crippen molar-refractivity contribution in [1.29, 1.82) is 0 Å². The molecular formula is C9H13ClN2. The number of fused-ring (bicyclic) bond motifs is 1. The van der Waals surface area contributed by atoms with Gasteiger partial charge in [-0.2, -0.15) is 0 Å². The first-order valence-corrected chi connectivity index (χ1v) is 4.89. The van der Waals surface area contributed by atoms with Crippen LogP contribution in [0.4, 0.5) is 0 Å². The minimum absolute atomic E-state index is 0.791. The highest BCUT2D eigenvalue weighted by Gasteiger charge is 2.19. The Morgan fingerprint density at radius 3 is 3.33 bits per heavy atom. The summed E-state index contributed by atoms with van der Waals surface area (Å²) in [6.45, 7) is 3.29. The van der Waals surface area contributed by atoms with Crippen LogP contribution in [0, 0.1) is 5.92 Å². The van der Waals surface area contributed by atoms with Gasteiger partial charge in [-0.05, 0) is 12.3 Å². The van der Waals surface area contributed by atoms with Crippen LogP contribution in [0.3, 0.4) is 0 Å². The Bertz CT molecular complexity index is 280. The van der Waals surface area contributed by atoms with Crippen LogP contribution in [0.2, 0.25) is 5.15 Å². The van der Waals surface area contributed by atoms with E-state index >= 15 is 0 Å². The Balaban J connectivity index is 2.24. The first kappa shape index (κ1) is 8.11. The highest BCUT2D eigenvalue weighted by atomic mass is 35.5. The van der Waals surface area contributed by atoms with Crippen LogP contribution >= 0.6 is 11.6 Å². The smallest absolute Gasteiger partial charge is 0.128 e. The molecule has 1 unspecified atom stereocenters. The van der Waals surface area contributed by atoms with Crippen LogP contribution < -0.4 is 0 Å². The van der Waals surface area contributed by atoms with Crippen LogP contribution in [-0.4, -0.2) is 9.55 Å². The summed E-state index contributed by atoms with van der Waals surface area (Å²) in [5.74, 6) is 1.98. The normalized spacial score (nSPS) is 22.3. The van der Waals surface area contributed by atoms with E-state index in [1.807, 2.05) is 0 Å². The molecule has 0 radical (unpaired) electrons. The zero-order valence-corrected chi connectivity index (χ0v) is 8.01. The summed E-state index contributed by atoms with van der Waals surface area (Å²) in [5, 5.41) is 0.791. The van der Waals surface area contributed by atoms with E-state index in [4.69, 9.17) is 11.6 Å². The van der Waals surface area contributed by atoms with Crippen molar-refractivity contribution in [3.05, 3.63) is 17.2 Å². The predicted octanol–water partition coefficient (Wildman–Crippen LogP) is 2.51. The Hall–Kier alpha value is -0.500. The van der Waals surface area contributed by atoms with E-state index in [0.29, 0.717) is 0 Å². The van der Waals surface area contributed by atoms with Gasteiger partial charge in [-0.1, -0.05) is 24.9 Å². The molecule has 1 aliphatic rings. The number of hydrogen-bond acceptors (Lipinski definition) is 1. The standard InChI is InChI=1S/C9H13ClN2/c1-2-7-3-4-12-8(10)6-11-9(12)5-7/h6-7H,2-5H2,1H3. The van der Waals surface area contributed by atoms with E-state index in [0.717, 1.165) is 29.9 Å². The monoisotopic (exact) mass is 184 g/mol. The van der Waals surface area contributed by atoms with Crippen LogP contribution in [0.1, 0.15) is 25.6 Å². The van der Waals surface area contributed by atoms with Gasteiger partial charge in [0.15, 0.2) is 0 Å². The SMILES string of the molecule is CCC1CCn2c(Cl)cnc2C1. The quantitative estimate of drug-likeness (QED) is 0.656. The molecule has 0 aromatic carbocycles. The molecule has 1 aromatic heterocycles. The third-order valence-corrected chi connectivity index (χ3v) is 3.00. The highest BCUT2D eigenvalue weighted by molar-refractivity contribution is 6.29. The van der Waals surface area contributed by atoms with E-state index in [1.165, 1.54) is 12.8 Å². The summed E-state index contributed by atoms with van der Waals surface area (Å²) in [5.41, 5.74) is 0. The maximum absolute atomic E-state index is 5.95. The molecule has 2 heterocycles. The fraction of sp³-hybridized carbons (Fsp3) is 0.667. The molecular weight excluding hydrogens is 172 g/mol. The maximum Gasteiger partial charge on any atom is 0.128 e. The van der Waals surface area contributed by atoms with Gasteiger partial charge in [0.05, 0.1) is 6.20 Å². The molecule has 1 atom stereocenters. The minimum atomic E-state index is 0.791. The molecule has 66 valence electrons. The lowest BCUT2D eigenvalue weighted by atomic mass is 9.95. The third kappa shape index (κ3) is 1.24. The lowest BCUT2D eigenvalue weighted by molar-refractivity contribution is 0.373. The van der Waals surface area contributed by atoms with Gasteiger partial charge in [0.1, 0.15) is 11.0 Å². The van der Waals surface area contributed by atoms with Crippen molar-refractivity contribution in [2.45, 2.75) is 32.7 Å². The largest absolute Gasteiger partial charge is 0.319 e. The second-order valence-electron chi connectivity index (χ2n) is 3.42. The lowest BCUT2D eigenvalue weighted by Gasteiger charge is -2.22. The lowest BCUT2D eigenvalue weighted by Crippen LogP contribution is -2.18. The van der Waals surface area contributed by atoms with Gasteiger partial charge in [0.2, 0.25) is 0 Å². The molecule has 0 amide bonds. The van der Waals surface area contributed by atoms with Gasteiger partial charge in [-0.25, -0.2) is 4.98 Å². The van der Waals surface area contributed by atoms with Crippen LogP contribution in [0.15, 0.2) is 6.20 Å². The summed E-state index contributed by atoms with van der Waals surface area (Å²) < 4.78 is 2.12. The Morgan fingerprint density at radius 1 is 1.75 bits per heavy atom. The molecule has 0 bridgehead atoms. The van der Waals surface area contributed by atoms with Gasteiger partial charge >= 0.3 is 0 Å². The molecule has 1 aliphatic heterocycles. The molecule has 0 saturated heterocycles. The molecule has 0 saturated carbocycles. The van der Waals surface area contributed by atoms with Gasteiger partial charge in [-0.3, -0.25) is 0 Å². The summed E-state index contributed by atoms with van der Waals surface area (Å²) in [4.78, 5) is 4.29. The Kier molecular flexibility index (Phi) is 2.09. The zero-order chi connectivity index (χ0) is 8.55. The molecule has 1 aromatic rings. The minimum Gasteiger partial charge on any atom is -0.319 e. The van der Waals surface area contributed by atoms with Crippen molar-refractivity contribution >= 4 is 11.6 Å². The highest BCUT2D eigenvalue weighted by Crippen LogP contribution is 2.25. The van der Waals surface area contributed by atoms with Crippen LogP contribution in [0.25, 0.3) is 0 Å². The first-order valence-electron chi connectivity index (χ1n) is 4.51. The zero-order valence-electron chi connectivity index (χ0n) is 7.26. The second-order valence-corrected chi connectivity index (χ2v) is 3.80. The molecule has 3 heteroatoms. The Morgan fingerprint density at radius 2 is 2.58 bits per heavy atom. The van der Waals surface area contributed by atoms with E-state index in [-0.39, 0.29) is 0 Å². The molecule has 0 aliphatic carbocycles. The van der Waals surface area contributed by atoms with Crippen molar-refractivity contribution < 1.29 is 0 Å². The average Bonchev–Trinajstić information content (AvgIpc) is 2.47. The fourth-order valence-electron chi connectivity index (χ4n) is 1.81. The predicted molar refractivity (Wildman–Crippen MR) is 49.3 cm³/mol. The van der Waals surface area contributed by atoms with Gasteiger partial charge in [0.25, 0.3) is 0 Å². The summed E-state index contributed by atoms with van der Waals surface area (Å²) >= 11 is 5.95. The molecule has 12 heavy (non-hydrogen) atoms. The molecule has 2 rings (SSSR count). The molecule has 0 fully saturated rings. The summed E-state index contributed by atoms with van der Waals surface area (Å²) in [7, 11) is 0. The molecule has 0 N–H and O–H groups in total. The number of rotatable bonds is 1. The Labute approximate surface area is 77.6 Å².